The van der Waals surface area contributed by atoms with Gasteiger partial charge in [-0.05, 0) is 57.6 Å². The monoisotopic (exact) mass is 730 g/mol. The van der Waals surface area contributed by atoms with Gasteiger partial charge in [-0.25, -0.2) is 18.7 Å². The van der Waals surface area contributed by atoms with Crippen LogP contribution < -0.4 is 10.3 Å². The molecule has 5 heterocycles. The topological polar surface area (TPSA) is 220 Å². The summed E-state index contributed by atoms with van der Waals surface area (Å²) in [5.41, 5.74) is 7.48. The number of anilines is 1. The molecule has 20 heteroatoms. The lowest BCUT2D eigenvalue weighted by atomic mass is 10.1. The Morgan fingerprint density at radius 2 is 1.62 bits per heavy atom. The quantitative estimate of drug-likeness (QED) is 0.174. The van der Waals surface area contributed by atoms with E-state index in [1.54, 1.807) is 67.4 Å². The molecule has 48 heavy (non-hydrogen) atoms. The molecule has 3 aromatic rings. The van der Waals surface area contributed by atoms with E-state index in [0.29, 0.717) is 22.5 Å². The Kier molecular flexibility index (Phi) is 8.85. The van der Waals surface area contributed by atoms with Crippen molar-refractivity contribution in [2.24, 2.45) is 5.92 Å². The Hall–Kier alpha value is -2.02. The highest BCUT2D eigenvalue weighted by molar-refractivity contribution is 8.54. The molecule has 0 radical (unpaired) electrons. The molecule has 9 atom stereocenters. The van der Waals surface area contributed by atoms with Crippen molar-refractivity contribution in [3.63, 3.8) is 0 Å². The molecule has 5 N–H and O–H groups in total. The zero-order valence-electron chi connectivity index (χ0n) is 26.5. The summed E-state index contributed by atoms with van der Waals surface area (Å²) in [5, 5.41) is 0. The van der Waals surface area contributed by atoms with Gasteiger partial charge in [-0.3, -0.25) is 13.6 Å². The van der Waals surface area contributed by atoms with E-state index in [1.807, 2.05) is 6.07 Å². The summed E-state index contributed by atoms with van der Waals surface area (Å²) < 4.78 is 69.1. The molecule has 1 saturated carbocycles. The molecule has 17 nitrogen and oxygen atoms in total. The van der Waals surface area contributed by atoms with Crippen molar-refractivity contribution in [1.82, 2.24) is 14.5 Å². The Labute approximate surface area is 279 Å². The Morgan fingerprint density at radius 1 is 0.958 bits per heavy atom. The zero-order chi connectivity index (χ0) is 34.2. The summed E-state index contributed by atoms with van der Waals surface area (Å²) >= 11 is 0.739. The summed E-state index contributed by atoms with van der Waals surface area (Å²) in [6.07, 6.45) is -0.295. The van der Waals surface area contributed by atoms with Gasteiger partial charge < -0.3 is 44.1 Å². The molecule has 4 fully saturated rings. The van der Waals surface area contributed by atoms with Crippen molar-refractivity contribution >= 4 is 43.0 Å². The smallest absolute Gasteiger partial charge is 0.346 e. The second-order valence-corrected chi connectivity index (χ2v) is 18.1. The van der Waals surface area contributed by atoms with E-state index in [2.05, 4.69) is 4.98 Å². The molecule has 0 bridgehead atoms. The third kappa shape index (κ3) is 6.84. The van der Waals surface area contributed by atoms with Crippen LogP contribution in [-0.2, 0) is 41.9 Å². The molecule has 2 aromatic heterocycles. The van der Waals surface area contributed by atoms with Crippen LogP contribution in [0.1, 0.15) is 46.4 Å². The molecular weight excluding hydrogens is 692 g/mol. The number of phosphoric ester groups is 1. The summed E-state index contributed by atoms with van der Waals surface area (Å²) in [6, 6.07) is 8.40. The summed E-state index contributed by atoms with van der Waals surface area (Å²) in [5.74, 6) is -1.99. The highest BCUT2D eigenvalue weighted by Gasteiger charge is 2.58. The first-order valence-electron chi connectivity index (χ1n) is 15.3. The molecular formula is C28H38N5O12P2S+. The number of nitrogens with zero attached hydrogens (tertiary/aromatic N) is 4. The molecule has 3 aliphatic heterocycles. The van der Waals surface area contributed by atoms with E-state index in [9.17, 15) is 23.8 Å². The lowest BCUT2D eigenvalue weighted by Gasteiger charge is -2.25. The minimum atomic E-state index is -4.70. The van der Waals surface area contributed by atoms with Gasteiger partial charge in [-0.15, -0.1) is 0 Å². The van der Waals surface area contributed by atoms with Gasteiger partial charge >= 0.3 is 14.6 Å². The Morgan fingerprint density at radius 3 is 2.33 bits per heavy atom. The van der Waals surface area contributed by atoms with E-state index in [0.717, 1.165) is 11.4 Å². The first-order valence-corrected chi connectivity index (χ1v) is 19.8. The van der Waals surface area contributed by atoms with Crippen LogP contribution in [0.4, 0.5) is 5.82 Å². The van der Waals surface area contributed by atoms with Crippen molar-refractivity contribution in [3.05, 3.63) is 43.0 Å². The first kappa shape index (κ1) is 34.4. The van der Waals surface area contributed by atoms with E-state index in [-0.39, 0.29) is 24.9 Å². The highest BCUT2D eigenvalue weighted by Crippen LogP contribution is 2.59. The van der Waals surface area contributed by atoms with Gasteiger partial charge in [0.2, 0.25) is 12.0 Å². The second kappa shape index (κ2) is 12.3. The molecule has 262 valence electrons. The molecule has 0 amide bonds. The van der Waals surface area contributed by atoms with Crippen molar-refractivity contribution in [2.75, 3.05) is 18.9 Å². The number of imidazole rings is 1. The summed E-state index contributed by atoms with van der Waals surface area (Å²) in [7, 11) is -4.70. The van der Waals surface area contributed by atoms with Crippen molar-refractivity contribution < 1.29 is 61.1 Å². The van der Waals surface area contributed by atoms with Gasteiger partial charge in [0, 0.05) is 10.8 Å². The van der Waals surface area contributed by atoms with Gasteiger partial charge in [0.1, 0.15) is 36.8 Å². The maximum Gasteiger partial charge on any atom is 0.469 e. The fourth-order valence-electron chi connectivity index (χ4n) is 6.93. The largest absolute Gasteiger partial charge is 0.469 e. The van der Waals surface area contributed by atoms with E-state index < -0.39 is 69.0 Å². The lowest BCUT2D eigenvalue weighted by Crippen LogP contribution is -2.48. The fourth-order valence-corrected chi connectivity index (χ4v) is 9.75. The van der Waals surface area contributed by atoms with Gasteiger partial charge in [0.25, 0.3) is 5.82 Å². The molecule has 7 rings (SSSR count). The fraction of sp³-hybridized carbons (Fsp3) is 0.607. The average molecular weight is 731 g/mol. The van der Waals surface area contributed by atoms with E-state index in [4.69, 9.17) is 43.4 Å². The van der Waals surface area contributed by atoms with Gasteiger partial charge in [-0.2, -0.15) is 0 Å². The summed E-state index contributed by atoms with van der Waals surface area (Å²) in [6.45, 7) is 2.54. The van der Waals surface area contributed by atoms with Crippen LogP contribution >= 0.6 is 26.0 Å². The zero-order valence-corrected chi connectivity index (χ0v) is 29.1. The second-order valence-electron chi connectivity index (χ2n) is 13.1. The first-order chi connectivity index (χ1) is 22.5. The highest BCUT2D eigenvalue weighted by atomic mass is 32.7. The maximum atomic E-state index is 12.9. The standard InChI is InChI=1S/C28H37N5O12P2S/c1-27(2)42-20-15(11-39-46(34,35)36)10-17(21(20)43-27)32-14-31-25-19(24(32)29)30-13-33(25)26-23-22(44-28(3,4)45-23)18(41-26)12-40-47(37,38)48-16-8-6-5-7-9-16/h5-9,13-15,17-18,20-23,26,29H,10-12H2,1-4H3,(H3,34,35,36,37,38)/p+1/t15-,17-,18-,20-,21+,22-,23-,26-/m1/s1. The third-order valence-corrected chi connectivity index (χ3v) is 12.0. The van der Waals surface area contributed by atoms with Crippen molar-refractivity contribution in [2.45, 2.75) is 93.4 Å². The Balaban J connectivity index is 1.13. The molecule has 3 saturated heterocycles. The number of benzene rings is 1. The number of fused-ring (bicyclic) bond motifs is 3. The number of nitrogen functional groups attached to an aromatic ring is 1. The molecule has 0 spiro atoms. The van der Waals surface area contributed by atoms with Crippen LogP contribution in [0.2, 0.25) is 0 Å². The van der Waals surface area contributed by atoms with Crippen LogP contribution in [0.15, 0.2) is 47.9 Å². The van der Waals surface area contributed by atoms with Crippen LogP contribution in [-0.4, -0.2) is 84.5 Å². The minimum absolute atomic E-state index is 0.228. The lowest BCUT2D eigenvalue weighted by molar-refractivity contribution is -0.717. The number of nitrogens with two attached hydrogens (primary N) is 1. The van der Waals surface area contributed by atoms with E-state index in [1.165, 1.54) is 6.33 Å². The minimum Gasteiger partial charge on any atom is -0.346 e. The Bertz CT molecular complexity index is 1780. The van der Waals surface area contributed by atoms with Crippen LogP contribution in [0.25, 0.3) is 11.2 Å². The van der Waals surface area contributed by atoms with Crippen molar-refractivity contribution in [3.8, 4) is 0 Å². The molecule has 1 aliphatic carbocycles. The maximum absolute atomic E-state index is 12.9. The van der Waals surface area contributed by atoms with Crippen LogP contribution in [0.5, 0.6) is 0 Å². The normalized spacial score (nSPS) is 33.6. The van der Waals surface area contributed by atoms with Gasteiger partial charge in [0.15, 0.2) is 23.3 Å². The SMILES string of the molecule is CC1(C)O[C@@H]2[C@@H](COP(=O)(O)O)C[C@@H]([n+]3cnc4c(ncn4[C@@H]4O[C@H](COP(=O)(O)Sc5ccccc5)[C@H]5OC(C)(C)O[C@H]54)c3N)[C@@H]2O1. The van der Waals surface area contributed by atoms with Crippen LogP contribution in [0, 0.1) is 5.92 Å². The average Bonchev–Trinajstić information content (AvgIpc) is 3.77. The number of hydrogen-bond donors (Lipinski definition) is 4. The number of aromatic nitrogens is 4. The molecule has 1 unspecified atom stereocenters. The van der Waals surface area contributed by atoms with Gasteiger partial charge in [-0.1, -0.05) is 23.2 Å². The van der Waals surface area contributed by atoms with E-state index >= 15 is 0 Å². The third-order valence-electron chi connectivity index (χ3n) is 8.72. The van der Waals surface area contributed by atoms with Gasteiger partial charge in [0.05, 0.1) is 19.3 Å². The number of hydrogen-bond acceptors (Lipinski definition) is 13. The molecule has 1 aromatic carbocycles. The number of ether oxygens (including phenoxy) is 5. The van der Waals surface area contributed by atoms with Crippen molar-refractivity contribution in [1.29, 1.82) is 0 Å². The number of rotatable bonds is 10. The van der Waals surface area contributed by atoms with Crippen LogP contribution in [0.3, 0.4) is 0 Å². The number of phosphoric acid groups is 1. The molecule has 4 aliphatic rings. The predicted molar refractivity (Wildman–Crippen MR) is 167 cm³/mol. The predicted octanol–water partition coefficient (Wildman–Crippen LogP) is 2.82. The summed E-state index contributed by atoms with van der Waals surface area (Å²) in [4.78, 5) is 39.0.